The molecule has 2 rings (SSSR count). The molecule has 4 heteroatoms. The Labute approximate surface area is 89.2 Å². The largest absolute Gasteiger partial charge is 0.493 e. The Kier molecular flexibility index (Phi) is 2.29. The second-order valence-corrected chi connectivity index (χ2v) is 4.27. The van der Waals surface area contributed by atoms with Crippen molar-refractivity contribution in [2.75, 3.05) is 7.11 Å². The number of hydrogen-bond donors (Lipinski definition) is 0. The van der Waals surface area contributed by atoms with Crippen molar-refractivity contribution in [3.63, 3.8) is 0 Å². The molecule has 0 aliphatic heterocycles. The zero-order valence-corrected chi connectivity index (χ0v) is 9.41. The van der Waals surface area contributed by atoms with Gasteiger partial charge in [-0.3, -0.25) is 9.48 Å². The van der Waals surface area contributed by atoms with Gasteiger partial charge in [0.25, 0.3) is 0 Å². The molecule has 1 aliphatic carbocycles. The van der Waals surface area contributed by atoms with Gasteiger partial charge in [0, 0.05) is 12.0 Å². The molecular weight excluding hydrogens is 192 g/mol. The summed E-state index contributed by atoms with van der Waals surface area (Å²) >= 11 is 0. The highest BCUT2D eigenvalue weighted by Crippen LogP contribution is 2.48. The Balaban J connectivity index is 2.40. The fourth-order valence-electron chi connectivity index (χ4n) is 1.69. The Morgan fingerprint density at radius 2 is 2.33 bits per heavy atom. The molecule has 0 aromatic carbocycles. The average Bonchev–Trinajstić information content (AvgIpc) is 2.85. The molecule has 1 aromatic heterocycles. The van der Waals surface area contributed by atoms with E-state index in [1.54, 1.807) is 18.0 Å². The summed E-state index contributed by atoms with van der Waals surface area (Å²) in [5, 5.41) is 4.14. The average molecular weight is 208 g/mol. The van der Waals surface area contributed by atoms with E-state index in [2.05, 4.69) is 5.10 Å². The molecule has 0 saturated heterocycles. The van der Waals surface area contributed by atoms with Crippen molar-refractivity contribution in [2.24, 2.45) is 5.41 Å². The first-order valence-electron chi connectivity index (χ1n) is 5.27. The van der Waals surface area contributed by atoms with Gasteiger partial charge >= 0.3 is 0 Å². The van der Waals surface area contributed by atoms with Gasteiger partial charge in [-0.1, -0.05) is 6.92 Å². The predicted molar refractivity (Wildman–Crippen MR) is 56.1 cm³/mol. The maximum atomic E-state index is 12.2. The molecule has 82 valence electrons. The van der Waals surface area contributed by atoms with Gasteiger partial charge in [0.1, 0.15) is 5.69 Å². The van der Waals surface area contributed by atoms with E-state index in [9.17, 15) is 4.79 Å². The van der Waals surface area contributed by atoms with Crippen LogP contribution < -0.4 is 4.74 Å². The highest BCUT2D eigenvalue weighted by Gasteiger charge is 2.47. The number of ether oxygens (including phenoxy) is 1. The van der Waals surface area contributed by atoms with Crippen LogP contribution in [0.15, 0.2) is 6.20 Å². The lowest BCUT2D eigenvalue weighted by molar-refractivity contribution is 0.0898. The van der Waals surface area contributed by atoms with E-state index in [0.29, 0.717) is 18.0 Å². The second kappa shape index (κ2) is 3.36. The fraction of sp³-hybridized carbons (Fsp3) is 0.636. The molecule has 0 atom stereocenters. The quantitative estimate of drug-likeness (QED) is 0.710. The second-order valence-electron chi connectivity index (χ2n) is 4.27. The Hall–Kier alpha value is -1.32. The van der Waals surface area contributed by atoms with Crippen LogP contribution in [0.25, 0.3) is 0 Å². The van der Waals surface area contributed by atoms with Gasteiger partial charge in [0.2, 0.25) is 0 Å². The summed E-state index contributed by atoms with van der Waals surface area (Å²) in [6.07, 6.45) is 3.57. The number of aryl methyl sites for hydroxylation is 1. The maximum absolute atomic E-state index is 12.2. The van der Waals surface area contributed by atoms with Gasteiger partial charge < -0.3 is 4.74 Å². The highest BCUT2D eigenvalue weighted by molar-refractivity contribution is 6.02. The lowest BCUT2D eigenvalue weighted by atomic mass is 10.0. The normalized spacial score (nSPS) is 17.5. The third-order valence-corrected chi connectivity index (χ3v) is 3.09. The molecule has 1 fully saturated rings. The number of carbonyl (C=O) groups is 1. The number of hydrogen-bond acceptors (Lipinski definition) is 3. The first-order valence-corrected chi connectivity index (χ1v) is 5.27. The van der Waals surface area contributed by atoms with E-state index >= 15 is 0 Å². The van der Waals surface area contributed by atoms with E-state index in [-0.39, 0.29) is 11.2 Å². The minimum absolute atomic E-state index is 0.165. The van der Waals surface area contributed by atoms with Crippen LogP contribution in [-0.4, -0.2) is 22.7 Å². The summed E-state index contributed by atoms with van der Waals surface area (Å²) in [6, 6.07) is 0. The number of ketones is 1. The number of aromatic nitrogens is 2. The summed E-state index contributed by atoms with van der Waals surface area (Å²) in [7, 11) is 1.57. The molecule has 0 N–H and O–H groups in total. The molecular formula is C11H16N2O2. The van der Waals surface area contributed by atoms with Gasteiger partial charge in [-0.15, -0.1) is 0 Å². The van der Waals surface area contributed by atoms with Crippen molar-refractivity contribution < 1.29 is 9.53 Å². The summed E-state index contributed by atoms with van der Waals surface area (Å²) in [4.78, 5) is 12.2. The first kappa shape index (κ1) is 10.2. The number of nitrogens with zero attached hydrogens (tertiary/aromatic N) is 2. The van der Waals surface area contributed by atoms with Crippen molar-refractivity contribution in [1.82, 2.24) is 9.78 Å². The Bertz CT molecular complexity index is 370. The molecule has 1 heterocycles. The zero-order chi connectivity index (χ0) is 11.1. The van der Waals surface area contributed by atoms with Gasteiger partial charge in [0.05, 0.1) is 13.3 Å². The Morgan fingerprint density at radius 1 is 1.67 bits per heavy atom. The minimum atomic E-state index is -0.166. The summed E-state index contributed by atoms with van der Waals surface area (Å²) < 4.78 is 6.88. The first-order chi connectivity index (χ1) is 7.12. The van der Waals surface area contributed by atoms with Crippen LogP contribution in [0.5, 0.6) is 5.75 Å². The highest BCUT2D eigenvalue weighted by atomic mass is 16.5. The van der Waals surface area contributed by atoms with Crippen molar-refractivity contribution >= 4 is 5.78 Å². The van der Waals surface area contributed by atoms with Gasteiger partial charge in [0.15, 0.2) is 11.5 Å². The van der Waals surface area contributed by atoms with Crippen LogP contribution in [0, 0.1) is 5.41 Å². The summed E-state index contributed by atoms with van der Waals surface area (Å²) in [5.74, 6) is 0.758. The van der Waals surface area contributed by atoms with Crippen molar-refractivity contribution in [2.45, 2.75) is 33.2 Å². The number of Topliss-reactive ketones (excluding diaryl/α,β-unsaturated/α-hetero) is 1. The van der Waals surface area contributed by atoms with Crippen LogP contribution >= 0.6 is 0 Å². The molecule has 1 aromatic rings. The molecule has 1 saturated carbocycles. The maximum Gasteiger partial charge on any atom is 0.190 e. The van der Waals surface area contributed by atoms with E-state index in [4.69, 9.17) is 4.74 Å². The molecule has 0 bridgehead atoms. The molecule has 0 unspecified atom stereocenters. The molecule has 4 nitrogen and oxygen atoms in total. The van der Waals surface area contributed by atoms with E-state index in [1.165, 1.54) is 0 Å². The van der Waals surface area contributed by atoms with Crippen LogP contribution in [0.4, 0.5) is 0 Å². The van der Waals surface area contributed by atoms with E-state index in [0.717, 1.165) is 12.8 Å². The van der Waals surface area contributed by atoms with Crippen LogP contribution in [0.3, 0.4) is 0 Å². The monoisotopic (exact) mass is 208 g/mol. The van der Waals surface area contributed by atoms with Crippen molar-refractivity contribution in [3.05, 3.63) is 11.9 Å². The molecule has 0 spiro atoms. The molecule has 15 heavy (non-hydrogen) atoms. The lowest BCUT2D eigenvalue weighted by Gasteiger charge is -2.10. The van der Waals surface area contributed by atoms with E-state index in [1.807, 2.05) is 13.8 Å². The Morgan fingerprint density at radius 3 is 2.80 bits per heavy atom. The minimum Gasteiger partial charge on any atom is -0.493 e. The zero-order valence-electron chi connectivity index (χ0n) is 9.41. The topological polar surface area (TPSA) is 44.1 Å². The summed E-state index contributed by atoms with van der Waals surface area (Å²) in [5.41, 5.74) is 0.459. The number of methoxy groups -OCH3 is 1. The van der Waals surface area contributed by atoms with Crippen molar-refractivity contribution in [3.8, 4) is 5.75 Å². The fourth-order valence-corrected chi connectivity index (χ4v) is 1.69. The van der Waals surface area contributed by atoms with Crippen LogP contribution in [0.2, 0.25) is 0 Å². The third-order valence-electron chi connectivity index (χ3n) is 3.09. The summed E-state index contributed by atoms with van der Waals surface area (Å²) in [6.45, 7) is 4.67. The predicted octanol–water partition coefficient (Wildman–Crippen LogP) is 1.89. The van der Waals surface area contributed by atoms with Gasteiger partial charge in [-0.25, -0.2) is 0 Å². The smallest absolute Gasteiger partial charge is 0.190 e. The standard InChI is InChI=1S/C11H16N2O2/c1-4-13-9(8(15-3)7-12-13)10(14)11(2)5-6-11/h7H,4-6H2,1-3H3. The third kappa shape index (κ3) is 1.54. The van der Waals surface area contributed by atoms with Crippen LogP contribution in [-0.2, 0) is 6.54 Å². The van der Waals surface area contributed by atoms with E-state index < -0.39 is 0 Å². The van der Waals surface area contributed by atoms with Crippen LogP contribution in [0.1, 0.15) is 37.2 Å². The number of carbonyl (C=O) groups excluding carboxylic acids is 1. The van der Waals surface area contributed by atoms with Gasteiger partial charge in [-0.05, 0) is 19.8 Å². The van der Waals surface area contributed by atoms with Gasteiger partial charge in [-0.2, -0.15) is 5.10 Å². The SMILES string of the molecule is CCn1ncc(OC)c1C(=O)C1(C)CC1. The number of rotatable bonds is 4. The molecule has 0 radical (unpaired) electrons. The lowest BCUT2D eigenvalue weighted by Crippen LogP contribution is -2.18. The molecule has 1 aliphatic rings. The van der Waals surface area contributed by atoms with Crippen molar-refractivity contribution in [1.29, 1.82) is 0 Å². The molecule has 0 amide bonds.